The highest BCUT2D eigenvalue weighted by atomic mass is 16.3. The lowest BCUT2D eigenvalue weighted by Gasteiger charge is -2.16. The SMILES string of the molecule is c1ccc(-n2c3c(c4ccc5oc6ccccc6c5c42)CCCC3)cc1. The van der Waals surface area contributed by atoms with Gasteiger partial charge in [-0.15, -0.1) is 0 Å². The Morgan fingerprint density at radius 2 is 1.50 bits per heavy atom. The second-order valence-corrected chi connectivity index (χ2v) is 7.24. The maximum absolute atomic E-state index is 6.17. The smallest absolute Gasteiger partial charge is 0.137 e. The molecule has 0 saturated carbocycles. The molecule has 1 aliphatic rings. The first-order valence-corrected chi connectivity index (χ1v) is 9.43. The minimum absolute atomic E-state index is 0.966. The van der Waals surface area contributed by atoms with E-state index in [0.717, 1.165) is 17.6 Å². The van der Waals surface area contributed by atoms with Crippen LogP contribution in [0, 0.1) is 0 Å². The number of para-hydroxylation sites is 2. The summed E-state index contributed by atoms with van der Waals surface area (Å²) in [7, 11) is 0. The van der Waals surface area contributed by atoms with Crippen LogP contribution in [0.1, 0.15) is 24.1 Å². The van der Waals surface area contributed by atoms with Gasteiger partial charge in [-0.25, -0.2) is 0 Å². The standard InChI is InChI=1S/C24H19NO/c1-2-8-16(9-3-1)25-20-12-6-4-10-17(20)18-14-15-22-23(24(18)25)19-11-5-7-13-21(19)26-22/h1-3,5,7-9,11,13-15H,4,6,10,12H2. The lowest BCUT2D eigenvalue weighted by atomic mass is 9.95. The molecule has 26 heavy (non-hydrogen) atoms. The van der Waals surface area contributed by atoms with Crippen molar-refractivity contribution in [3.63, 3.8) is 0 Å². The molecular formula is C24H19NO. The van der Waals surface area contributed by atoms with E-state index in [9.17, 15) is 0 Å². The zero-order chi connectivity index (χ0) is 17.1. The lowest BCUT2D eigenvalue weighted by Crippen LogP contribution is -2.06. The van der Waals surface area contributed by atoms with Gasteiger partial charge in [0, 0.05) is 22.2 Å². The second-order valence-electron chi connectivity index (χ2n) is 7.24. The van der Waals surface area contributed by atoms with Crippen LogP contribution in [0.2, 0.25) is 0 Å². The van der Waals surface area contributed by atoms with Crippen LogP contribution in [-0.4, -0.2) is 4.57 Å². The van der Waals surface area contributed by atoms with E-state index in [1.807, 2.05) is 6.07 Å². The van der Waals surface area contributed by atoms with Crippen LogP contribution in [0.3, 0.4) is 0 Å². The van der Waals surface area contributed by atoms with Crippen LogP contribution in [0.5, 0.6) is 0 Å². The molecule has 0 saturated heterocycles. The van der Waals surface area contributed by atoms with Crippen molar-refractivity contribution in [2.75, 3.05) is 0 Å². The first kappa shape index (κ1) is 14.2. The zero-order valence-corrected chi connectivity index (χ0v) is 14.5. The molecule has 6 rings (SSSR count). The predicted octanol–water partition coefficient (Wildman–Crippen LogP) is 6.41. The molecule has 0 bridgehead atoms. The number of nitrogens with zero attached hydrogens (tertiary/aromatic N) is 1. The molecule has 0 atom stereocenters. The van der Waals surface area contributed by atoms with E-state index in [-0.39, 0.29) is 0 Å². The zero-order valence-electron chi connectivity index (χ0n) is 14.5. The van der Waals surface area contributed by atoms with E-state index in [4.69, 9.17) is 4.42 Å². The number of hydrogen-bond acceptors (Lipinski definition) is 1. The van der Waals surface area contributed by atoms with Gasteiger partial charge in [0.25, 0.3) is 0 Å². The number of hydrogen-bond donors (Lipinski definition) is 0. The summed E-state index contributed by atoms with van der Waals surface area (Å²) in [5.41, 5.74) is 7.51. The highest BCUT2D eigenvalue weighted by Gasteiger charge is 2.24. The summed E-state index contributed by atoms with van der Waals surface area (Å²) in [6.07, 6.45) is 4.87. The Labute approximate surface area is 151 Å². The predicted molar refractivity (Wildman–Crippen MR) is 107 cm³/mol. The lowest BCUT2D eigenvalue weighted by molar-refractivity contribution is 0.667. The molecule has 0 fully saturated rings. The summed E-state index contributed by atoms with van der Waals surface area (Å²) >= 11 is 0. The number of benzene rings is 3. The summed E-state index contributed by atoms with van der Waals surface area (Å²) in [4.78, 5) is 0. The summed E-state index contributed by atoms with van der Waals surface area (Å²) in [6.45, 7) is 0. The van der Waals surface area contributed by atoms with Crippen molar-refractivity contribution in [2.45, 2.75) is 25.7 Å². The number of furan rings is 1. The summed E-state index contributed by atoms with van der Waals surface area (Å²) in [5, 5.41) is 3.85. The minimum Gasteiger partial charge on any atom is -0.456 e. The fraction of sp³-hybridized carbons (Fsp3) is 0.167. The summed E-state index contributed by atoms with van der Waals surface area (Å²) in [6, 6.07) is 23.6. The molecule has 1 aliphatic carbocycles. The quantitative estimate of drug-likeness (QED) is 0.346. The molecule has 0 radical (unpaired) electrons. The Hall–Kier alpha value is -3.00. The summed E-state index contributed by atoms with van der Waals surface area (Å²) < 4.78 is 8.66. The minimum atomic E-state index is 0.966. The topological polar surface area (TPSA) is 18.1 Å². The van der Waals surface area contributed by atoms with Crippen LogP contribution in [-0.2, 0) is 12.8 Å². The van der Waals surface area contributed by atoms with E-state index in [1.165, 1.54) is 57.9 Å². The number of aromatic nitrogens is 1. The van der Waals surface area contributed by atoms with Crippen molar-refractivity contribution >= 4 is 32.8 Å². The molecule has 0 amide bonds. The highest BCUT2D eigenvalue weighted by molar-refractivity contribution is 6.19. The average Bonchev–Trinajstić information content (AvgIpc) is 3.24. The number of rotatable bonds is 1. The van der Waals surface area contributed by atoms with Crippen molar-refractivity contribution in [3.05, 3.63) is 78.0 Å². The monoisotopic (exact) mass is 337 g/mol. The molecular weight excluding hydrogens is 318 g/mol. The number of aryl methyl sites for hydroxylation is 1. The fourth-order valence-electron chi connectivity index (χ4n) is 4.70. The molecule has 3 aromatic carbocycles. The van der Waals surface area contributed by atoms with Gasteiger partial charge in [0.1, 0.15) is 11.2 Å². The van der Waals surface area contributed by atoms with Gasteiger partial charge in [-0.1, -0.05) is 36.4 Å². The molecule has 2 heterocycles. The first-order valence-electron chi connectivity index (χ1n) is 9.43. The molecule has 2 nitrogen and oxygen atoms in total. The van der Waals surface area contributed by atoms with Crippen LogP contribution < -0.4 is 0 Å². The van der Waals surface area contributed by atoms with Gasteiger partial charge in [-0.2, -0.15) is 0 Å². The Kier molecular flexibility index (Phi) is 2.87. The van der Waals surface area contributed by atoms with Gasteiger partial charge < -0.3 is 8.98 Å². The van der Waals surface area contributed by atoms with Gasteiger partial charge in [0.2, 0.25) is 0 Å². The van der Waals surface area contributed by atoms with Crippen LogP contribution in [0.4, 0.5) is 0 Å². The molecule has 0 unspecified atom stereocenters. The van der Waals surface area contributed by atoms with Crippen LogP contribution >= 0.6 is 0 Å². The van der Waals surface area contributed by atoms with Crippen molar-refractivity contribution in [1.29, 1.82) is 0 Å². The largest absolute Gasteiger partial charge is 0.456 e. The van der Waals surface area contributed by atoms with Crippen molar-refractivity contribution < 1.29 is 4.42 Å². The van der Waals surface area contributed by atoms with E-state index in [2.05, 4.69) is 65.2 Å². The molecule has 0 spiro atoms. The third kappa shape index (κ3) is 1.82. The second kappa shape index (κ2) is 5.25. The normalized spacial score (nSPS) is 14.3. The van der Waals surface area contributed by atoms with Crippen LogP contribution in [0.15, 0.2) is 71.1 Å². The molecule has 0 N–H and O–H groups in total. The van der Waals surface area contributed by atoms with E-state index in [0.29, 0.717) is 0 Å². The molecule has 2 aromatic heterocycles. The maximum atomic E-state index is 6.17. The average molecular weight is 337 g/mol. The molecule has 126 valence electrons. The Morgan fingerprint density at radius 1 is 0.692 bits per heavy atom. The van der Waals surface area contributed by atoms with E-state index < -0.39 is 0 Å². The van der Waals surface area contributed by atoms with Gasteiger partial charge >= 0.3 is 0 Å². The third-order valence-electron chi connectivity index (χ3n) is 5.79. The maximum Gasteiger partial charge on any atom is 0.137 e. The Balaban J connectivity index is 1.88. The fourth-order valence-corrected chi connectivity index (χ4v) is 4.70. The molecule has 5 aromatic rings. The molecule has 2 heteroatoms. The summed E-state index contributed by atoms with van der Waals surface area (Å²) in [5.74, 6) is 0. The third-order valence-corrected chi connectivity index (χ3v) is 5.79. The molecule has 0 aliphatic heterocycles. The van der Waals surface area contributed by atoms with Gasteiger partial charge in [0.15, 0.2) is 0 Å². The van der Waals surface area contributed by atoms with Crippen molar-refractivity contribution in [3.8, 4) is 5.69 Å². The highest BCUT2D eigenvalue weighted by Crippen LogP contribution is 2.41. The first-order chi connectivity index (χ1) is 12.9. The van der Waals surface area contributed by atoms with E-state index >= 15 is 0 Å². The van der Waals surface area contributed by atoms with Crippen molar-refractivity contribution in [1.82, 2.24) is 4.57 Å². The van der Waals surface area contributed by atoms with E-state index in [1.54, 1.807) is 0 Å². The van der Waals surface area contributed by atoms with Crippen LogP contribution in [0.25, 0.3) is 38.5 Å². The van der Waals surface area contributed by atoms with Gasteiger partial charge in [0.05, 0.1) is 10.9 Å². The number of fused-ring (bicyclic) bond motifs is 7. The van der Waals surface area contributed by atoms with Gasteiger partial charge in [-0.05, 0) is 61.6 Å². The van der Waals surface area contributed by atoms with Crippen molar-refractivity contribution in [2.24, 2.45) is 0 Å². The van der Waals surface area contributed by atoms with Gasteiger partial charge in [-0.3, -0.25) is 0 Å². The Bertz CT molecular complexity index is 1270. The Morgan fingerprint density at radius 3 is 2.42 bits per heavy atom.